The second-order valence-electron chi connectivity index (χ2n) is 5.85. The van der Waals surface area contributed by atoms with Crippen molar-refractivity contribution in [2.45, 2.75) is 38.8 Å². The smallest absolute Gasteiger partial charge is 0.161 e. The summed E-state index contributed by atoms with van der Waals surface area (Å²) >= 11 is 0. The van der Waals surface area contributed by atoms with Gasteiger partial charge in [-0.3, -0.25) is 4.90 Å². The van der Waals surface area contributed by atoms with E-state index in [4.69, 9.17) is 14.2 Å². The number of hydrogen-bond acceptors (Lipinski definition) is 4. The molecule has 0 aliphatic carbocycles. The van der Waals surface area contributed by atoms with Crippen LogP contribution in [0.3, 0.4) is 0 Å². The fourth-order valence-electron chi connectivity index (χ4n) is 3.02. The normalized spacial score (nSPS) is 22.2. The number of fused-ring (bicyclic) bond motifs is 1. The second kappa shape index (κ2) is 7.14. The molecule has 0 saturated carbocycles. The van der Waals surface area contributed by atoms with Gasteiger partial charge in [-0.1, -0.05) is 13.0 Å². The summed E-state index contributed by atoms with van der Waals surface area (Å²) in [6.45, 7) is 7.48. The molecular formula is C17H25NO3. The van der Waals surface area contributed by atoms with E-state index in [1.165, 1.54) is 18.4 Å². The lowest BCUT2D eigenvalue weighted by Crippen LogP contribution is -2.39. The minimum Gasteiger partial charge on any atom is -0.486 e. The Morgan fingerprint density at radius 2 is 2.10 bits per heavy atom. The minimum atomic E-state index is 0.399. The number of likely N-dealkylation sites (tertiary alicyclic amines) is 1. The van der Waals surface area contributed by atoms with Gasteiger partial charge >= 0.3 is 0 Å². The molecule has 0 radical (unpaired) electrons. The maximum Gasteiger partial charge on any atom is 0.161 e. The SMILES string of the molecule is CCCO[C@@H]1CCCN(Cc2ccc3c(c2)OCCO3)C1. The van der Waals surface area contributed by atoms with Gasteiger partial charge in [-0.25, -0.2) is 0 Å². The van der Waals surface area contributed by atoms with Gasteiger partial charge in [-0.05, 0) is 43.5 Å². The van der Waals surface area contributed by atoms with E-state index in [2.05, 4.69) is 24.0 Å². The fourth-order valence-corrected chi connectivity index (χ4v) is 3.02. The number of hydrogen-bond donors (Lipinski definition) is 0. The highest BCUT2D eigenvalue weighted by Crippen LogP contribution is 2.31. The zero-order chi connectivity index (χ0) is 14.5. The maximum atomic E-state index is 5.90. The Morgan fingerprint density at radius 3 is 2.95 bits per heavy atom. The summed E-state index contributed by atoms with van der Waals surface area (Å²) in [5.41, 5.74) is 1.29. The quantitative estimate of drug-likeness (QED) is 0.834. The topological polar surface area (TPSA) is 30.9 Å². The number of nitrogens with zero attached hydrogens (tertiary/aromatic N) is 1. The van der Waals surface area contributed by atoms with E-state index in [9.17, 15) is 0 Å². The Morgan fingerprint density at radius 1 is 1.24 bits per heavy atom. The third-order valence-corrected chi connectivity index (χ3v) is 4.03. The third-order valence-electron chi connectivity index (χ3n) is 4.03. The molecule has 3 rings (SSSR count). The second-order valence-corrected chi connectivity index (χ2v) is 5.85. The minimum absolute atomic E-state index is 0.399. The summed E-state index contributed by atoms with van der Waals surface area (Å²) in [6, 6.07) is 6.29. The Kier molecular flexibility index (Phi) is 4.99. The largest absolute Gasteiger partial charge is 0.486 e. The number of piperidine rings is 1. The highest BCUT2D eigenvalue weighted by Gasteiger charge is 2.21. The van der Waals surface area contributed by atoms with Gasteiger partial charge in [0.25, 0.3) is 0 Å². The van der Waals surface area contributed by atoms with Crippen LogP contribution in [0, 0.1) is 0 Å². The molecule has 21 heavy (non-hydrogen) atoms. The summed E-state index contributed by atoms with van der Waals surface area (Å²) < 4.78 is 17.1. The Bertz CT molecular complexity index is 463. The summed E-state index contributed by atoms with van der Waals surface area (Å²) in [5, 5.41) is 0. The molecule has 0 bridgehead atoms. The summed E-state index contributed by atoms with van der Waals surface area (Å²) in [6.07, 6.45) is 3.91. The molecule has 2 heterocycles. The standard InChI is InChI=1S/C17H25NO3/c1-2-8-19-15-4-3-7-18(13-15)12-14-5-6-16-17(11-14)21-10-9-20-16/h5-6,11,15H,2-4,7-10,12-13H2,1H3/t15-/m1/s1. The van der Waals surface area contributed by atoms with Crippen molar-refractivity contribution in [3.8, 4) is 11.5 Å². The van der Waals surface area contributed by atoms with Crippen LogP contribution in [-0.4, -0.2) is 43.9 Å². The van der Waals surface area contributed by atoms with Crippen LogP contribution in [0.4, 0.5) is 0 Å². The van der Waals surface area contributed by atoms with Crippen molar-refractivity contribution in [2.24, 2.45) is 0 Å². The molecule has 0 N–H and O–H groups in total. The van der Waals surface area contributed by atoms with Gasteiger partial charge in [0.1, 0.15) is 13.2 Å². The molecule has 1 aromatic rings. The average molecular weight is 291 g/mol. The van der Waals surface area contributed by atoms with Crippen LogP contribution >= 0.6 is 0 Å². The first kappa shape index (κ1) is 14.7. The zero-order valence-electron chi connectivity index (χ0n) is 12.8. The number of ether oxygens (including phenoxy) is 3. The molecule has 2 aliphatic rings. The molecule has 116 valence electrons. The Labute approximate surface area is 127 Å². The first-order valence-electron chi connectivity index (χ1n) is 8.07. The molecule has 2 aliphatic heterocycles. The molecule has 0 unspecified atom stereocenters. The molecule has 4 nitrogen and oxygen atoms in total. The average Bonchev–Trinajstić information content (AvgIpc) is 2.53. The van der Waals surface area contributed by atoms with Crippen LogP contribution in [-0.2, 0) is 11.3 Å². The Balaban J connectivity index is 1.58. The van der Waals surface area contributed by atoms with Crippen LogP contribution in [0.2, 0.25) is 0 Å². The molecule has 0 amide bonds. The number of benzene rings is 1. The van der Waals surface area contributed by atoms with Gasteiger partial charge in [0.2, 0.25) is 0 Å². The van der Waals surface area contributed by atoms with Gasteiger partial charge in [0, 0.05) is 19.7 Å². The van der Waals surface area contributed by atoms with Gasteiger partial charge in [-0.15, -0.1) is 0 Å². The molecule has 1 atom stereocenters. The van der Waals surface area contributed by atoms with Crippen LogP contribution in [0.5, 0.6) is 11.5 Å². The first-order valence-corrected chi connectivity index (χ1v) is 8.07. The predicted molar refractivity (Wildman–Crippen MR) is 82.0 cm³/mol. The van der Waals surface area contributed by atoms with E-state index < -0.39 is 0 Å². The lowest BCUT2D eigenvalue weighted by atomic mass is 10.1. The van der Waals surface area contributed by atoms with Crippen molar-refractivity contribution < 1.29 is 14.2 Å². The molecule has 4 heteroatoms. The van der Waals surface area contributed by atoms with Crippen molar-refractivity contribution in [3.63, 3.8) is 0 Å². The highest BCUT2D eigenvalue weighted by molar-refractivity contribution is 5.43. The first-order chi connectivity index (χ1) is 10.3. The lowest BCUT2D eigenvalue weighted by molar-refractivity contribution is -0.00225. The monoisotopic (exact) mass is 291 g/mol. The van der Waals surface area contributed by atoms with Crippen LogP contribution in [0.1, 0.15) is 31.7 Å². The van der Waals surface area contributed by atoms with E-state index in [0.717, 1.165) is 44.2 Å². The molecule has 1 aromatic carbocycles. The van der Waals surface area contributed by atoms with Crippen molar-refractivity contribution in [2.75, 3.05) is 32.9 Å². The van der Waals surface area contributed by atoms with Gasteiger partial charge < -0.3 is 14.2 Å². The summed E-state index contributed by atoms with van der Waals surface area (Å²) in [4.78, 5) is 2.48. The third kappa shape index (κ3) is 3.89. The maximum absolute atomic E-state index is 5.90. The summed E-state index contributed by atoms with van der Waals surface area (Å²) in [5.74, 6) is 1.75. The van der Waals surface area contributed by atoms with Crippen LogP contribution in [0.15, 0.2) is 18.2 Å². The van der Waals surface area contributed by atoms with E-state index in [1.54, 1.807) is 0 Å². The van der Waals surface area contributed by atoms with E-state index in [0.29, 0.717) is 19.3 Å². The van der Waals surface area contributed by atoms with E-state index in [-0.39, 0.29) is 0 Å². The van der Waals surface area contributed by atoms with Crippen molar-refractivity contribution in [1.82, 2.24) is 4.90 Å². The molecule has 1 saturated heterocycles. The lowest BCUT2D eigenvalue weighted by Gasteiger charge is -2.32. The highest BCUT2D eigenvalue weighted by atomic mass is 16.6. The molecule has 0 aromatic heterocycles. The van der Waals surface area contributed by atoms with Gasteiger partial charge in [-0.2, -0.15) is 0 Å². The van der Waals surface area contributed by atoms with E-state index in [1.807, 2.05) is 6.07 Å². The Hall–Kier alpha value is -1.26. The van der Waals surface area contributed by atoms with Gasteiger partial charge in [0.05, 0.1) is 6.10 Å². The van der Waals surface area contributed by atoms with Crippen LogP contribution in [0.25, 0.3) is 0 Å². The zero-order valence-corrected chi connectivity index (χ0v) is 12.8. The molecular weight excluding hydrogens is 266 g/mol. The fraction of sp³-hybridized carbons (Fsp3) is 0.647. The van der Waals surface area contributed by atoms with E-state index >= 15 is 0 Å². The summed E-state index contributed by atoms with van der Waals surface area (Å²) in [7, 11) is 0. The van der Waals surface area contributed by atoms with Crippen molar-refractivity contribution in [3.05, 3.63) is 23.8 Å². The molecule has 1 fully saturated rings. The predicted octanol–water partition coefficient (Wildman–Crippen LogP) is 2.85. The van der Waals surface area contributed by atoms with Crippen molar-refractivity contribution in [1.29, 1.82) is 0 Å². The van der Waals surface area contributed by atoms with Crippen LogP contribution < -0.4 is 9.47 Å². The number of rotatable bonds is 5. The van der Waals surface area contributed by atoms with Crippen molar-refractivity contribution >= 4 is 0 Å². The van der Waals surface area contributed by atoms with Gasteiger partial charge in [0.15, 0.2) is 11.5 Å². The molecule has 0 spiro atoms.